The number of methoxy groups -OCH3 is 1. The molecule has 1 aliphatic heterocycles. The number of anilines is 1. The Morgan fingerprint density at radius 1 is 1.06 bits per heavy atom. The first-order valence-electron chi connectivity index (χ1n) is 10.8. The van der Waals surface area contributed by atoms with Crippen molar-refractivity contribution in [1.29, 1.82) is 0 Å². The van der Waals surface area contributed by atoms with Crippen LogP contribution in [-0.2, 0) is 10.5 Å². The molecule has 1 amide bonds. The van der Waals surface area contributed by atoms with Crippen molar-refractivity contribution in [3.8, 4) is 5.75 Å². The number of nitrogens with one attached hydrogen (secondary N) is 1. The molecular weight excluding hydrogens is 467 g/mol. The summed E-state index contributed by atoms with van der Waals surface area (Å²) in [5.74, 6) is -0.294. The van der Waals surface area contributed by atoms with E-state index in [9.17, 15) is 14.3 Å². The number of nitrogens with zero attached hydrogens (tertiary/aromatic N) is 3. The van der Waals surface area contributed by atoms with Gasteiger partial charge in [0.05, 0.1) is 13.2 Å². The number of hydrogen-bond acceptors (Lipinski definition) is 6. The van der Waals surface area contributed by atoms with Gasteiger partial charge in [-0.1, -0.05) is 72.4 Å². The predicted octanol–water partition coefficient (Wildman–Crippen LogP) is 5.30. The zero-order valence-electron chi connectivity index (χ0n) is 18.7. The van der Waals surface area contributed by atoms with Crippen LogP contribution >= 0.6 is 11.8 Å². The van der Waals surface area contributed by atoms with E-state index in [1.807, 2.05) is 30.3 Å². The quantitative estimate of drug-likeness (QED) is 0.343. The zero-order chi connectivity index (χ0) is 24.4. The van der Waals surface area contributed by atoms with E-state index in [-0.39, 0.29) is 17.1 Å². The molecule has 176 valence electrons. The van der Waals surface area contributed by atoms with E-state index in [1.54, 1.807) is 49.6 Å². The molecule has 2 heterocycles. The number of aromatic amines is 1. The van der Waals surface area contributed by atoms with Crippen LogP contribution in [0.4, 0.5) is 10.3 Å². The summed E-state index contributed by atoms with van der Waals surface area (Å²) >= 11 is 1.40. The van der Waals surface area contributed by atoms with Crippen molar-refractivity contribution in [2.45, 2.75) is 17.0 Å². The summed E-state index contributed by atoms with van der Waals surface area (Å²) < 4.78 is 20.2. The molecule has 1 aliphatic rings. The van der Waals surface area contributed by atoms with Crippen molar-refractivity contribution < 1.29 is 19.0 Å². The number of amides is 1. The van der Waals surface area contributed by atoms with Crippen LogP contribution in [0, 0.1) is 5.82 Å². The van der Waals surface area contributed by atoms with Crippen molar-refractivity contribution in [3.05, 3.63) is 107 Å². The van der Waals surface area contributed by atoms with E-state index in [0.29, 0.717) is 22.2 Å². The molecule has 0 aliphatic carbocycles. The number of thioether (sulfide) groups is 1. The molecule has 4 aromatic rings. The number of ether oxygens (including phenoxy) is 1. The fraction of sp³-hybridized carbons (Fsp3) is 0.115. The second-order valence-corrected chi connectivity index (χ2v) is 8.75. The Bertz CT molecular complexity index is 1390. The number of hydrogen-bond donors (Lipinski definition) is 2. The van der Waals surface area contributed by atoms with Crippen LogP contribution in [0.15, 0.2) is 89.8 Å². The molecule has 0 unspecified atom stereocenters. The van der Waals surface area contributed by atoms with Gasteiger partial charge >= 0.3 is 0 Å². The van der Waals surface area contributed by atoms with Gasteiger partial charge in [-0.05, 0) is 29.3 Å². The molecule has 0 spiro atoms. The molecule has 3 aromatic carbocycles. The summed E-state index contributed by atoms with van der Waals surface area (Å²) in [6.45, 7) is 0. The molecule has 0 fully saturated rings. The first-order valence-corrected chi connectivity index (χ1v) is 11.8. The first-order chi connectivity index (χ1) is 17.1. The molecular formula is C26H21FN4O3S. The van der Waals surface area contributed by atoms with E-state index in [1.165, 1.54) is 22.7 Å². The number of aromatic nitrogens is 3. The topological polar surface area (TPSA) is 91.3 Å². The molecule has 0 radical (unpaired) electrons. The van der Waals surface area contributed by atoms with E-state index in [0.717, 1.165) is 5.56 Å². The lowest BCUT2D eigenvalue weighted by Crippen LogP contribution is -2.31. The molecule has 7 nitrogen and oxygen atoms in total. The van der Waals surface area contributed by atoms with Crippen LogP contribution in [0.25, 0.3) is 5.57 Å². The van der Waals surface area contributed by atoms with Gasteiger partial charge in [-0.3, -0.25) is 9.69 Å². The van der Waals surface area contributed by atoms with Gasteiger partial charge in [-0.15, -0.1) is 5.10 Å². The zero-order valence-corrected chi connectivity index (χ0v) is 19.5. The van der Waals surface area contributed by atoms with Crippen molar-refractivity contribution >= 4 is 29.2 Å². The molecule has 2 N–H and O–H groups in total. The van der Waals surface area contributed by atoms with Gasteiger partial charge in [0.15, 0.2) is 5.76 Å². The van der Waals surface area contributed by atoms with Gasteiger partial charge in [0.25, 0.3) is 5.91 Å². The van der Waals surface area contributed by atoms with Crippen LogP contribution in [0.3, 0.4) is 0 Å². The average Bonchev–Trinajstić information content (AvgIpc) is 3.46. The first kappa shape index (κ1) is 22.7. The molecule has 0 saturated carbocycles. The lowest BCUT2D eigenvalue weighted by Gasteiger charge is -2.25. The summed E-state index contributed by atoms with van der Waals surface area (Å²) in [6, 6.07) is 21.9. The van der Waals surface area contributed by atoms with Crippen LogP contribution in [-0.4, -0.2) is 33.3 Å². The maximum Gasteiger partial charge on any atom is 0.296 e. The number of aliphatic hydroxyl groups excluding tert-OH is 1. The molecule has 1 atom stereocenters. The third-order valence-electron chi connectivity index (χ3n) is 5.70. The fourth-order valence-corrected chi connectivity index (χ4v) is 4.76. The van der Waals surface area contributed by atoms with E-state index in [2.05, 4.69) is 15.2 Å². The van der Waals surface area contributed by atoms with Crippen LogP contribution in [0.2, 0.25) is 0 Å². The highest BCUT2D eigenvalue weighted by molar-refractivity contribution is 7.98. The maximum atomic E-state index is 15.0. The number of halogens is 1. The second-order valence-electron chi connectivity index (χ2n) is 7.81. The third kappa shape index (κ3) is 4.38. The summed E-state index contributed by atoms with van der Waals surface area (Å²) in [7, 11) is 1.55. The number of benzene rings is 3. The van der Waals surface area contributed by atoms with Crippen LogP contribution in [0.5, 0.6) is 5.75 Å². The smallest absolute Gasteiger partial charge is 0.296 e. The third-order valence-corrected chi connectivity index (χ3v) is 6.62. The fourth-order valence-electron chi connectivity index (χ4n) is 4.01. The normalized spacial score (nSPS) is 15.7. The van der Waals surface area contributed by atoms with Gasteiger partial charge < -0.3 is 9.84 Å². The van der Waals surface area contributed by atoms with Crippen molar-refractivity contribution in [2.24, 2.45) is 0 Å². The average molecular weight is 489 g/mol. The number of carbonyl (C=O) groups excluding carboxylic acids is 1. The summed E-state index contributed by atoms with van der Waals surface area (Å²) in [6.07, 6.45) is 0. The van der Waals surface area contributed by atoms with E-state index >= 15 is 0 Å². The highest BCUT2D eigenvalue weighted by atomic mass is 32.2. The van der Waals surface area contributed by atoms with Crippen molar-refractivity contribution in [3.63, 3.8) is 0 Å². The van der Waals surface area contributed by atoms with Crippen LogP contribution in [0.1, 0.15) is 22.7 Å². The van der Waals surface area contributed by atoms with Gasteiger partial charge in [0.1, 0.15) is 11.6 Å². The minimum atomic E-state index is -0.947. The second kappa shape index (κ2) is 9.63. The standard InChI is InChI=1S/C26H21FN4O3S/c1-34-18-13-11-17(12-14-18)21-22(19-9-5-6-10-20(19)27)31(24(33)23(21)32)25-28-26(30-29-25)35-15-16-7-3-2-4-8-16/h2-14,22,32H,15H2,1H3,(H,28,29,30)/t22-/m0/s1. The van der Waals surface area contributed by atoms with E-state index in [4.69, 9.17) is 4.74 Å². The summed E-state index contributed by atoms with van der Waals surface area (Å²) in [5.41, 5.74) is 2.17. The molecule has 5 rings (SSSR count). The molecule has 0 bridgehead atoms. The lowest BCUT2D eigenvalue weighted by molar-refractivity contribution is -0.117. The SMILES string of the molecule is COc1ccc(C2=C(O)C(=O)N(c3nc(SCc4ccccc4)n[nH]3)[C@H]2c2ccccc2F)cc1. The van der Waals surface area contributed by atoms with Gasteiger partial charge in [0, 0.05) is 16.9 Å². The van der Waals surface area contributed by atoms with E-state index < -0.39 is 23.5 Å². The van der Waals surface area contributed by atoms with Gasteiger partial charge in [-0.25, -0.2) is 9.49 Å². The number of H-pyrrole nitrogens is 1. The Hall–Kier alpha value is -4.11. The monoisotopic (exact) mass is 488 g/mol. The van der Waals surface area contributed by atoms with Crippen LogP contribution < -0.4 is 9.64 Å². The minimum Gasteiger partial charge on any atom is -0.503 e. The molecule has 1 aromatic heterocycles. The maximum absolute atomic E-state index is 15.0. The number of carbonyl (C=O) groups is 1. The Morgan fingerprint density at radius 3 is 2.49 bits per heavy atom. The number of rotatable bonds is 7. The molecule has 0 saturated heterocycles. The lowest BCUT2D eigenvalue weighted by atomic mass is 9.93. The van der Waals surface area contributed by atoms with Gasteiger partial charge in [0.2, 0.25) is 11.1 Å². The Morgan fingerprint density at radius 2 is 1.77 bits per heavy atom. The Kier molecular flexibility index (Phi) is 6.24. The van der Waals surface area contributed by atoms with Crippen molar-refractivity contribution in [2.75, 3.05) is 12.0 Å². The Balaban J connectivity index is 1.52. The minimum absolute atomic E-state index is 0.119. The predicted molar refractivity (Wildman–Crippen MR) is 132 cm³/mol. The largest absolute Gasteiger partial charge is 0.503 e. The highest BCUT2D eigenvalue weighted by Crippen LogP contribution is 2.45. The van der Waals surface area contributed by atoms with Gasteiger partial charge in [-0.2, -0.15) is 4.98 Å². The highest BCUT2D eigenvalue weighted by Gasteiger charge is 2.44. The van der Waals surface area contributed by atoms with Crippen molar-refractivity contribution in [1.82, 2.24) is 15.2 Å². The molecule has 35 heavy (non-hydrogen) atoms. The number of aliphatic hydroxyl groups is 1. The summed E-state index contributed by atoms with van der Waals surface area (Å²) in [4.78, 5) is 19.0. The summed E-state index contributed by atoms with van der Waals surface area (Å²) in [5, 5.41) is 18.4. The molecule has 9 heteroatoms. The Labute approximate surface area is 205 Å².